The third-order valence-electron chi connectivity index (χ3n) is 3.11. The zero-order valence-corrected chi connectivity index (χ0v) is 12.9. The number of hydrogen-bond donors (Lipinski definition) is 0. The molecule has 0 aromatic carbocycles. The van der Waals surface area contributed by atoms with Gasteiger partial charge in [-0.25, -0.2) is 0 Å². The minimum Gasteiger partial charge on any atom is -0.336 e. The molecule has 0 N–H and O–H groups in total. The number of hydrogen-bond acceptors (Lipinski definition) is 3. The molecule has 0 saturated heterocycles. The van der Waals surface area contributed by atoms with Gasteiger partial charge in [-0.3, -0.25) is 4.79 Å². The summed E-state index contributed by atoms with van der Waals surface area (Å²) in [5.74, 6) is 0. The second kappa shape index (κ2) is 5.55. The van der Waals surface area contributed by atoms with Crippen molar-refractivity contribution in [3.8, 4) is 0 Å². The van der Waals surface area contributed by atoms with E-state index in [1.54, 1.807) is 0 Å². The molecular weight excluding hydrogens is 252 g/mol. The summed E-state index contributed by atoms with van der Waals surface area (Å²) in [6.07, 6.45) is 6.15. The zero-order chi connectivity index (χ0) is 13.1. The highest BCUT2D eigenvalue weighted by atomic mass is 32.3. The maximum atomic E-state index is 10.8. The SMILES string of the molecule is CC(C)(C)S(C)(C)OCCc1ccsc1C=O. The van der Waals surface area contributed by atoms with E-state index in [1.807, 2.05) is 11.4 Å². The fraction of sp³-hybridized carbons (Fsp3) is 0.615. The summed E-state index contributed by atoms with van der Waals surface area (Å²) in [5, 5.41) is 1.96. The summed E-state index contributed by atoms with van der Waals surface area (Å²) in [5.41, 5.74) is 1.11. The number of thiophene rings is 1. The molecule has 0 aliphatic rings. The smallest absolute Gasteiger partial charge is 0.160 e. The molecule has 0 amide bonds. The van der Waals surface area contributed by atoms with Crippen molar-refractivity contribution in [1.82, 2.24) is 0 Å². The Morgan fingerprint density at radius 3 is 2.59 bits per heavy atom. The van der Waals surface area contributed by atoms with Crippen molar-refractivity contribution in [3.63, 3.8) is 0 Å². The van der Waals surface area contributed by atoms with Gasteiger partial charge in [0.2, 0.25) is 0 Å². The van der Waals surface area contributed by atoms with Crippen LogP contribution in [0.5, 0.6) is 0 Å². The lowest BCUT2D eigenvalue weighted by Crippen LogP contribution is -2.25. The molecule has 17 heavy (non-hydrogen) atoms. The van der Waals surface area contributed by atoms with E-state index >= 15 is 0 Å². The Kier molecular flexibility index (Phi) is 4.81. The van der Waals surface area contributed by atoms with Crippen molar-refractivity contribution in [2.45, 2.75) is 31.9 Å². The second-order valence-electron chi connectivity index (χ2n) is 5.35. The van der Waals surface area contributed by atoms with Gasteiger partial charge in [-0.05, 0) is 35.9 Å². The summed E-state index contributed by atoms with van der Waals surface area (Å²) < 4.78 is 6.23. The van der Waals surface area contributed by atoms with Crippen LogP contribution in [-0.2, 0) is 10.6 Å². The summed E-state index contributed by atoms with van der Waals surface area (Å²) in [6, 6.07) is 2.01. The van der Waals surface area contributed by atoms with E-state index in [0.717, 1.165) is 23.1 Å². The van der Waals surface area contributed by atoms with Crippen LogP contribution in [-0.4, -0.2) is 30.2 Å². The minimum atomic E-state index is -1.06. The van der Waals surface area contributed by atoms with Gasteiger partial charge in [-0.15, -0.1) is 21.6 Å². The Hall–Kier alpha value is -0.320. The van der Waals surface area contributed by atoms with Crippen molar-refractivity contribution in [1.29, 1.82) is 0 Å². The van der Waals surface area contributed by atoms with Crippen molar-refractivity contribution in [2.24, 2.45) is 0 Å². The molecule has 1 rings (SSSR count). The molecule has 0 spiro atoms. The Labute approximate surface area is 110 Å². The molecule has 2 nitrogen and oxygen atoms in total. The van der Waals surface area contributed by atoms with Crippen molar-refractivity contribution in [2.75, 3.05) is 19.1 Å². The predicted molar refractivity (Wildman–Crippen MR) is 78.6 cm³/mol. The normalized spacial score (nSPS) is 13.7. The van der Waals surface area contributed by atoms with E-state index in [4.69, 9.17) is 4.18 Å². The molecule has 1 aromatic rings. The lowest BCUT2D eigenvalue weighted by Gasteiger charge is -2.43. The summed E-state index contributed by atoms with van der Waals surface area (Å²) >= 11 is 1.50. The molecule has 0 fully saturated rings. The van der Waals surface area contributed by atoms with E-state index < -0.39 is 10.3 Å². The highest BCUT2D eigenvalue weighted by Crippen LogP contribution is 2.53. The molecule has 0 saturated carbocycles. The third kappa shape index (κ3) is 3.83. The van der Waals surface area contributed by atoms with Crippen LogP contribution in [0.2, 0.25) is 0 Å². The highest BCUT2D eigenvalue weighted by molar-refractivity contribution is 8.29. The van der Waals surface area contributed by atoms with Crippen LogP contribution in [0, 0.1) is 0 Å². The minimum absolute atomic E-state index is 0.190. The first-order valence-corrected chi connectivity index (χ1v) is 8.92. The first-order chi connectivity index (χ1) is 7.78. The molecule has 0 aliphatic carbocycles. The number of rotatable bonds is 5. The van der Waals surface area contributed by atoms with Gasteiger partial charge < -0.3 is 4.18 Å². The van der Waals surface area contributed by atoms with Gasteiger partial charge >= 0.3 is 0 Å². The van der Waals surface area contributed by atoms with E-state index in [2.05, 4.69) is 33.3 Å². The largest absolute Gasteiger partial charge is 0.336 e. The molecule has 0 radical (unpaired) electrons. The molecular formula is C13H22O2S2. The van der Waals surface area contributed by atoms with Crippen LogP contribution in [0.4, 0.5) is 0 Å². The maximum absolute atomic E-state index is 10.8. The molecule has 0 aliphatic heterocycles. The predicted octanol–water partition coefficient (Wildman–Crippen LogP) is 3.90. The Morgan fingerprint density at radius 2 is 2.06 bits per heavy atom. The average Bonchev–Trinajstić information content (AvgIpc) is 2.63. The standard InChI is InChI=1S/C13H22O2S2/c1-13(2,3)17(4,5)15-8-6-11-7-9-16-12(11)10-14/h7,9-10H,6,8H2,1-5H3. The molecule has 1 aromatic heterocycles. The van der Waals surface area contributed by atoms with Crippen LogP contribution in [0.25, 0.3) is 0 Å². The molecule has 0 bridgehead atoms. The van der Waals surface area contributed by atoms with Crippen LogP contribution < -0.4 is 0 Å². The van der Waals surface area contributed by atoms with Gasteiger partial charge in [0.05, 0.1) is 11.5 Å². The summed E-state index contributed by atoms with van der Waals surface area (Å²) in [7, 11) is -1.06. The van der Waals surface area contributed by atoms with Gasteiger partial charge in [0.1, 0.15) is 0 Å². The topological polar surface area (TPSA) is 26.3 Å². The Bertz CT molecular complexity index is 375. The third-order valence-corrected chi connectivity index (χ3v) is 7.70. The Morgan fingerprint density at radius 1 is 1.41 bits per heavy atom. The van der Waals surface area contributed by atoms with Crippen LogP contribution in [0.1, 0.15) is 36.0 Å². The van der Waals surface area contributed by atoms with Crippen molar-refractivity contribution >= 4 is 27.9 Å². The summed E-state index contributed by atoms with van der Waals surface area (Å²) in [4.78, 5) is 11.6. The van der Waals surface area contributed by atoms with E-state index in [0.29, 0.717) is 6.61 Å². The van der Waals surface area contributed by atoms with Crippen molar-refractivity contribution < 1.29 is 8.98 Å². The molecule has 1 heterocycles. The van der Waals surface area contributed by atoms with Crippen LogP contribution >= 0.6 is 21.6 Å². The zero-order valence-electron chi connectivity index (χ0n) is 11.3. The van der Waals surface area contributed by atoms with E-state index in [9.17, 15) is 4.79 Å². The second-order valence-corrected chi connectivity index (χ2v) is 10.2. The van der Waals surface area contributed by atoms with E-state index in [1.165, 1.54) is 11.3 Å². The van der Waals surface area contributed by atoms with Gasteiger partial charge in [-0.2, -0.15) is 0 Å². The van der Waals surface area contributed by atoms with Gasteiger partial charge in [-0.1, -0.05) is 20.8 Å². The molecule has 98 valence electrons. The maximum Gasteiger partial charge on any atom is 0.160 e. The van der Waals surface area contributed by atoms with Gasteiger partial charge in [0.25, 0.3) is 0 Å². The first kappa shape index (κ1) is 14.7. The first-order valence-electron chi connectivity index (χ1n) is 5.67. The average molecular weight is 274 g/mol. The summed E-state index contributed by atoms with van der Waals surface area (Å²) in [6.45, 7) is 7.33. The lowest BCUT2D eigenvalue weighted by atomic mass is 10.2. The lowest BCUT2D eigenvalue weighted by molar-refractivity contribution is 0.112. The van der Waals surface area contributed by atoms with E-state index in [-0.39, 0.29) is 4.75 Å². The van der Waals surface area contributed by atoms with Gasteiger partial charge in [0.15, 0.2) is 6.29 Å². The van der Waals surface area contributed by atoms with Crippen LogP contribution in [0.3, 0.4) is 0 Å². The highest BCUT2D eigenvalue weighted by Gasteiger charge is 2.28. The number of aldehydes is 1. The fourth-order valence-electron chi connectivity index (χ4n) is 1.19. The molecule has 4 heteroatoms. The van der Waals surface area contributed by atoms with Gasteiger partial charge in [0, 0.05) is 4.75 Å². The molecule has 0 atom stereocenters. The monoisotopic (exact) mass is 274 g/mol. The number of carbonyl (C=O) groups excluding carboxylic acids is 1. The molecule has 0 unspecified atom stereocenters. The quantitative estimate of drug-likeness (QED) is 0.761. The Balaban J connectivity index is 2.51. The number of carbonyl (C=O) groups is 1. The fourth-order valence-corrected chi connectivity index (χ4v) is 2.80. The van der Waals surface area contributed by atoms with Crippen molar-refractivity contribution in [3.05, 3.63) is 21.9 Å². The van der Waals surface area contributed by atoms with Crippen LogP contribution in [0.15, 0.2) is 11.4 Å².